The van der Waals surface area contributed by atoms with E-state index in [1.165, 1.54) is 0 Å². The molecule has 3 aromatic rings. The number of aromatic nitrogens is 5. The molecule has 1 aliphatic rings. The largest absolute Gasteiger partial charge is 0.330 e. The lowest BCUT2D eigenvalue weighted by Crippen LogP contribution is -2.45. The molecular formula is C21H29N7O2. The molecule has 1 saturated heterocycles. The Morgan fingerprint density at radius 2 is 1.80 bits per heavy atom. The molecule has 0 radical (unpaired) electrons. The molecule has 0 amide bonds. The van der Waals surface area contributed by atoms with E-state index in [0.29, 0.717) is 24.3 Å². The van der Waals surface area contributed by atoms with Gasteiger partial charge in [-0.2, -0.15) is 0 Å². The van der Waals surface area contributed by atoms with E-state index in [4.69, 9.17) is 4.98 Å². The molecule has 0 saturated carbocycles. The van der Waals surface area contributed by atoms with Gasteiger partial charge in [0.1, 0.15) is 5.82 Å². The summed E-state index contributed by atoms with van der Waals surface area (Å²) < 4.78 is 3.42. The van der Waals surface area contributed by atoms with Gasteiger partial charge in [-0.15, -0.1) is 0 Å². The zero-order valence-electron chi connectivity index (χ0n) is 17.7. The third-order valence-electron chi connectivity index (χ3n) is 5.78. The van der Waals surface area contributed by atoms with Crippen molar-refractivity contribution < 1.29 is 0 Å². The van der Waals surface area contributed by atoms with Crippen LogP contribution in [0.1, 0.15) is 31.3 Å². The van der Waals surface area contributed by atoms with Gasteiger partial charge < -0.3 is 4.57 Å². The summed E-state index contributed by atoms with van der Waals surface area (Å²) in [7, 11) is 1.85. The number of imidazole rings is 1. The number of H-pyrrole nitrogens is 1. The second-order valence-electron chi connectivity index (χ2n) is 7.90. The molecule has 4 rings (SSSR count). The zero-order valence-corrected chi connectivity index (χ0v) is 17.7. The van der Waals surface area contributed by atoms with E-state index in [0.717, 1.165) is 57.1 Å². The number of nitrogens with one attached hydrogen (secondary N) is 1. The van der Waals surface area contributed by atoms with Crippen LogP contribution in [0.25, 0.3) is 11.2 Å². The van der Waals surface area contributed by atoms with Crippen molar-refractivity contribution >= 4 is 11.2 Å². The summed E-state index contributed by atoms with van der Waals surface area (Å²) >= 11 is 0. The fraction of sp³-hybridized carbons (Fsp3) is 0.524. The standard InChI is InChI=1S/C21H29N7O2/c1-3-4-9-28-19-18(20(29)24-21(28)30)25(2)17(23-19)15-27-12-10-26(11-13-27)14-16-7-5-6-8-22-16/h5-8H,3-4,9-15H2,1-2H3,(H,24,29,30). The topological polar surface area (TPSA) is 92.0 Å². The minimum Gasteiger partial charge on any atom is -0.324 e. The molecule has 160 valence electrons. The maximum absolute atomic E-state index is 12.4. The number of aromatic amines is 1. The van der Waals surface area contributed by atoms with Crippen molar-refractivity contribution in [3.05, 3.63) is 56.8 Å². The summed E-state index contributed by atoms with van der Waals surface area (Å²) in [6.07, 6.45) is 3.67. The Labute approximate surface area is 175 Å². The summed E-state index contributed by atoms with van der Waals surface area (Å²) in [5, 5.41) is 0. The number of rotatable bonds is 7. The van der Waals surface area contributed by atoms with Crippen LogP contribution in [0.2, 0.25) is 0 Å². The fourth-order valence-electron chi connectivity index (χ4n) is 3.98. The highest BCUT2D eigenvalue weighted by atomic mass is 16.2. The van der Waals surface area contributed by atoms with Crippen LogP contribution in [-0.2, 0) is 26.7 Å². The Hall–Kier alpha value is -2.78. The van der Waals surface area contributed by atoms with E-state index in [1.807, 2.05) is 29.9 Å². The van der Waals surface area contributed by atoms with Gasteiger partial charge in [0.15, 0.2) is 11.2 Å². The number of nitrogens with zero attached hydrogens (tertiary/aromatic N) is 6. The lowest BCUT2D eigenvalue weighted by atomic mass is 10.2. The molecule has 1 N–H and O–H groups in total. The number of aryl methyl sites for hydroxylation is 2. The molecule has 4 heterocycles. The van der Waals surface area contributed by atoms with Gasteiger partial charge in [-0.05, 0) is 18.6 Å². The van der Waals surface area contributed by atoms with E-state index in [9.17, 15) is 9.59 Å². The molecule has 0 aliphatic carbocycles. The average Bonchev–Trinajstić information content (AvgIpc) is 3.06. The molecule has 0 aromatic carbocycles. The predicted molar refractivity (Wildman–Crippen MR) is 115 cm³/mol. The van der Waals surface area contributed by atoms with Gasteiger partial charge in [-0.1, -0.05) is 19.4 Å². The molecular weight excluding hydrogens is 382 g/mol. The van der Waals surface area contributed by atoms with Crippen LogP contribution in [0.5, 0.6) is 0 Å². The van der Waals surface area contributed by atoms with E-state index in [2.05, 4.69) is 32.8 Å². The molecule has 0 unspecified atom stereocenters. The average molecular weight is 412 g/mol. The molecule has 0 bridgehead atoms. The second-order valence-corrected chi connectivity index (χ2v) is 7.90. The normalized spacial score (nSPS) is 15.8. The molecule has 9 nitrogen and oxygen atoms in total. The highest BCUT2D eigenvalue weighted by Crippen LogP contribution is 2.14. The van der Waals surface area contributed by atoms with Gasteiger partial charge in [-0.3, -0.25) is 29.1 Å². The lowest BCUT2D eigenvalue weighted by Gasteiger charge is -2.34. The van der Waals surface area contributed by atoms with Crippen LogP contribution in [0, 0.1) is 0 Å². The molecule has 1 fully saturated rings. The summed E-state index contributed by atoms with van der Waals surface area (Å²) in [6, 6.07) is 6.01. The Bertz CT molecular complexity index is 1110. The van der Waals surface area contributed by atoms with Gasteiger partial charge in [0, 0.05) is 52.5 Å². The van der Waals surface area contributed by atoms with Gasteiger partial charge in [-0.25, -0.2) is 9.78 Å². The van der Waals surface area contributed by atoms with Crippen molar-refractivity contribution in [3.8, 4) is 0 Å². The first-order chi connectivity index (χ1) is 14.6. The minimum absolute atomic E-state index is 0.371. The first-order valence-corrected chi connectivity index (χ1v) is 10.6. The highest BCUT2D eigenvalue weighted by Gasteiger charge is 2.21. The second kappa shape index (κ2) is 8.93. The van der Waals surface area contributed by atoms with Crippen LogP contribution in [-0.4, -0.2) is 60.1 Å². The number of piperazine rings is 1. The van der Waals surface area contributed by atoms with Crippen molar-refractivity contribution in [1.29, 1.82) is 0 Å². The van der Waals surface area contributed by atoms with Crippen LogP contribution in [0.4, 0.5) is 0 Å². The van der Waals surface area contributed by atoms with E-state index in [-0.39, 0.29) is 11.2 Å². The Morgan fingerprint density at radius 1 is 1.07 bits per heavy atom. The smallest absolute Gasteiger partial charge is 0.324 e. The van der Waals surface area contributed by atoms with Crippen LogP contribution in [0.15, 0.2) is 34.0 Å². The maximum atomic E-state index is 12.4. The third kappa shape index (κ3) is 4.22. The quantitative estimate of drug-likeness (QED) is 0.622. The number of hydrogen-bond donors (Lipinski definition) is 1. The van der Waals surface area contributed by atoms with Crippen molar-refractivity contribution in [2.75, 3.05) is 26.2 Å². The van der Waals surface area contributed by atoms with Crippen molar-refractivity contribution in [1.82, 2.24) is 33.9 Å². The summed E-state index contributed by atoms with van der Waals surface area (Å²) in [4.78, 5) is 41.0. The number of unbranched alkanes of at least 4 members (excludes halogenated alkanes) is 1. The van der Waals surface area contributed by atoms with E-state index >= 15 is 0 Å². The molecule has 3 aromatic heterocycles. The third-order valence-corrected chi connectivity index (χ3v) is 5.78. The monoisotopic (exact) mass is 411 g/mol. The summed E-state index contributed by atoms with van der Waals surface area (Å²) in [5.41, 5.74) is 1.29. The van der Waals surface area contributed by atoms with Gasteiger partial charge in [0.05, 0.1) is 12.2 Å². The SMILES string of the molecule is CCCCn1c(=O)[nH]c(=O)c2c1nc(CN1CCN(Cc3ccccn3)CC1)n2C. The predicted octanol–water partition coefficient (Wildman–Crippen LogP) is 0.936. The number of hydrogen-bond acceptors (Lipinski definition) is 6. The van der Waals surface area contributed by atoms with Crippen LogP contribution < -0.4 is 11.2 Å². The van der Waals surface area contributed by atoms with Crippen molar-refractivity contribution in [2.45, 2.75) is 39.4 Å². The molecule has 30 heavy (non-hydrogen) atoms. The molecule has 9 heteroatoms. The molecule has 1 aliphatic heterocycles. The highest BCUT2D eigenvalue weighted by molar-refractivity contribution is 5.70. The number of fused-ring (bicyclic) bond motifs is 1. The molecule has 0 atom stereocenters. The summed E-state index contributed by atoms with van der Waals surface area (Å²) in [6.45, 7) is 7.93. The fourth-order valence-corrected chi connectivity index (χ4v) is 3.98. The maximum Gasteiger partial charge on any atom is 0.330 e. The Morgan fingerprint density at radius 3 is 2.47 bits per heavy atom. The van der Waals surface area contributed by atoms with Gasteiger partial charge >= 0.3 is 5.69 Å². The first kappa shape index (κ1) is 20.5. The van der Waals surface area contributed by atoms with E-state index in [1.54, 1.807) is 4.57 Å². The van der Waals surface area contributed by atoms with Gasteiger partial charge in [0.2, 0.25) is 0 Å². The molecule has 0 spiro atoms. The Balaban J connectivity index is 1.48. The van der Waals surface area contributed by atoms with Crippen molar-refractivity contribution in [2.24, 2.45) is 7.05 Å². The lowest BCUT2D eigenvalue weighted by molar-refractivity contribution is 0.118. The van der Waals surface area contributed by atoms with Crippen LogP contribution >= 0.6 is 0 Å². The number of pyridine rings is 1. The van der Waals surface area contributed by atoms with Crippen LogP contribution in [0.3, 0.4) is 0 Å². The van der Waals surface area contributed by atoms with Crippen molar-refractivity contribution in [3.63, 3.8) is 0 Å². The zero-order chi connectivity index (χ0) is 21.1. The van der Waals surface area contributed by atoms with E-state index < -0.39 is 0 Å². The first-order valence-electron chi connectivity index (χ1n) is 10.6. The Kier molecular flexibility index (Phi) is 6.10. The minimum atomic E-state index is -0.381. The summed E-state index contributed by atoms with van der Waals surface area (Å²) in [5.74, 6) is 0.810. The van der Waals surface area contributed by atoms with Gasteiger partial charge in [0.25, 0.3) is 5.56 Å².